The number of hydrogen-bond donors (Lipinski definition) is 1. The van der Waals surface area contributed by atoms with Crippen molar-refractivity contribution in [1.29, 1.82) is 0 Å². The maximum absolute atomic E-state index is 12.1. The van der Waals surface area contributed by atoms with Gasteiger partial charge in [0, 0.05) is 6.54 Å². The van der Waals surface area contributed by atoms with Crippen LogP contribution < -0.4 is 5.32 Å². The molecule has 1 saturated heterocycles. The number of piperazine rings is 1. The molecule has 0 aliphatic carbocycles. The van der Waals surface area contributed by atoms with Gasteiger partial charge in [-0.15, -0.1) is 0 Å². The molecule has 0 radical (unpaired) electrons. The summed E-state index contributed by atoms with van der Waals surface area (Å²) in [5.74, 6) is 0.457. The van der Waals surface area contributed by atoms with Crippen LogP contribution in [0.4, 0.5) is 0 Å². The zero-order valence-corrected chi connectivity index (χ0v) is 10.6. The number of nitrogens with one attached hydrogen (secondary N) is 1. The fourth-order valence-electron chi connectivity index (χ4n) is 2.12. The highest BCUT2D eigenvalue weighted by Gasteiger charge is 2.38. The van der Waals surface area contributed by atoms with E-state index in [-0.39, 0.29) is 23.9 Å². The van der Waals surface area contributed by atoms with Crippen LogP contribution in [-0.4, -0.2) is 35.3 Å². The Labute approximate surface area is 97.4 Å². The van der Waals surface area contributed by atoms with Crippen molar-refractivity contribution in [2.45, 2.75) is 52.6 Å². The zero-order chi connectivity index (χ0) is 12.3. The van der Waals surface area contributed by atoms with Gasteiger partial charge in [-0.2, -0.15) is 0 Å². The Morgan fingerprint density at radius 2 is 1.88 bits per heavy atom. The largest absolute Gasteiger partial charge is 0.343 e. The van der Waals surface area contributed by atoms with E-state index in [4.69, 9.17) is 0 Å². The van der Waals surface area contributed by atoms with Gasteiger partial charge in [0.1, 0.15) is 12.1 Å². The summed E-state index contributed by atoms with van der Waals surface area (Å²) in [5.41, 5.74) is 0. The summed E-state index contributed by atoms with van der Waals surface area (Å²) in [4.78, 5) is 25.7. The number of hydrogen-bond acceptors (Lipinski definition) is 2. The molecule has 2 unspecified atom stereocenters. The minimum atomic E-state index is -0.325. The number of nitrogens with zero attached hydrogens (tertiary/aromatic N) is 1. The average Bonchev–Trinajstić information content (AvgIpc) is 2.22. The van der Waals surface area contributed by atoms with Crippen LogP contribution in [0.2, 0.25) is 0 Å². The first-order valence-electron chi connectivity index (χ1n) is 6.12. The van der Waals surface area contributed by atoms with E-state index in [0.717, 1.165) is 0 Å². The number of carbonyl (C=O) groups is 2. The first kappa shape index (κ1) is 13.0. The minimum absolute atomic E-state index is 0.00500. The highest BCUT2D eigenvalue weighted by atomic mass is 16.2. The van der Waals surface area contributed by atoms with Gasteiger partial charge >= 0.3 is 0 Å². The second kappa shape index (κ2) is 5.32. The van der Waals surface area contributed by atoms with Gasteiger partial charge in [0.25, 0.3) is 0 Å². The van der Waals surface area contributed by atoms with Gasteiger partial charge in [0.05, 0.1) is 0 Å². The van der Waals surface area contributed by atoms with Crippen LogP contribution in [0.25, 0.3) is 0 Å². The molecular formula is C12H22N2O2. The van der Waals surface area contributed by atoms with Crippen LogP contribution in [0.1, 0.15) is 40.5 Å². The number of carbonyl (C=O) groups excluding carboxylic acids is 2. The van der Waals surface area contributed by atoms with Crippen molar-refractivity contribution in [1.82, 2.24) is 10.2 Å². The van der Waals surface area contributed by atoms with E-state index in [2.05, 4.69) is 19.2 Å². The summed E-state index contributed by atoms with van der Waals surface area (Å²) in [5, 5.41) is 2.79. The second-order valence-corrected chi connectivity index (χ2v) is 4.78. The van der Waals surface area contributed by atoms with Crippen LogP contribution in [0.15, 0.2) is 0 Å². The van der Waals surface area contributed by atoms with Crippen LogP contribution in [0.3, 0.4) is 0 Å². The Morgan fingerprint density at radius 1 is 1.25 bits per heavy atom. The van der Waals surface area contributed by atoms with Crippen molar-refractivity contribution in [3.8, 4) is 0 Å². The molecule has 1 heterocycles. The van der Waals surface area contributed by atoms with Gasteiger partial charge in [-0.05, 0) is 18.8 Å². The van der Waals surface area contributed by atoms with Crippen LogP contribution in [-0.2, 0) is 9.59 Å². The van der Waals surface area contributed by atoms with Gasteiger partial charge < -0.3 is 10.2 Å². The molecule has 0 aromatic heterocycles. The summed E-state index contributed by atoms with van der Waals surface area (Å²) in [6.07, 6.45) is 1.34. The summed E-state index contributed by atoms with van der Waals surface area (Å²) >= 11 is 0. The molecule has 2 amide bonds. The molecule has 1 aliphatic rings. The Hall–Kier alpha value is -1.06. The van der Waals surface area contributed by atoms with E-state index in [1.165, 1.54) is 0 Å². The molecule has 1 fully saturated rings. The van der Waals surface area contributed by atoms with E-state index in [0.29, 0.717) is 25.3 Å². The monoisotopic (exact) mass is 226 g/mol. The smallest absolute Gasteiger partial charge is 0.245 e. The van der Waals surface area contributed by atoms with Gasteiger partial charge in [0.2, 0.25) is 11.8 Å². The lowest BCUT2D eigenvalue weighted by atomic mass is 10.0. The van der Waals surface area contributed by atoms with Gasteiger partial charge in [0.15, 0.2) is 0 Å². The Balaban J connectivity index is 2.86. The van der Waals surface area contributed by atoms with Crippen LogP contribution in [0, 0.1) is 5.92 Å². The van der Waals surface area contributed by atoms with E-state index in [9.17, 15) is 9.59 Å². The Bertz CT molecular complexity index is 276. The maximum atomic E-state index is 12.1. The van der Waals surface area contributed by atoms with Crippen molar-refractivity contribution in [3.05, 3.63) is 0 Å². The normalized spacial score (nSPS) is 26.2. The molecule has 2 atom stereocenters. The first-order chi connectivity index (χ1) is 7.51. The van der Waals surface area contributed by atoms with Crippen molar-refractivity contribution in [2.75, 3.05) is 6.54 Å². The maximum Gasteiger partial charge on any atom is 0.245 e. The molecule has 0 aromatic rings. The fraction of sp³-hybridized carbons (Fsp3) is 0.833. The number of rotatable bonds is 4. The summed E-state index contributed by atoms with van der Waals surface area (Å²) in [6, 6.07) is -0.605. The van der Waals surface area contributed by atoms with Crippen molar-refractivity contribution in [3.63, 3.8) is 0 Å². The molecule has 1 rings (SSSR count). The standard InChI is InChI=1S/C12H22N2O2/c1-5-9-12(16)14(7-8(3)4)10(6-2)11(15)13-9/h8-10H,5-7H2,1-4H3,(H,13,15). The lowest BCUT2D eigenvalue weighted by Gasteiger charge is -2.39. The third-order valence-corrected chi connectivity index (χ3v) is 2.93. The third kappa shape index (κ3) is 2.54. The third-order valence-electron chi connectivity index (χ3n) is 2.93. The molecular weight excluding hydrogens is 204 g/mol. The molecule has 16 heavy (non-hydrogen) atoms. The minimum Gasteiger partial charge on any atom is -0.343 e. The topological polar surface area (TPSA) is 49.4 Å². The van der Waals surface area contributed by atoms with Crippen molar-refractivity contribution >= 4 is 11.8 Å². The van der Waals surface area contributed by atoms with Crippen LogP contribution >= 0.6 is 0 Å². The predicted octanol–water partition coefficient (Wildman–Crippen LogP) is 1.16. The summed E-state index contributed by atoms with van der Waals surface area (Å²) < 4.78 is 0. The van der Waals surface area contributed by atoms with E-state index in [1.807, 2.05) is 13.8 Å². The van der Waals surface area contributed by atoms with Gasteiger partial charge in [-0.25, -0.2) is 0 Å². The summed E-state index contributed by atoms with van der Waals surface area (Å²) in [7, 11) is 0. The molecule has 0 spiro atoms. The van der Waals surface area contributed by atoms with Gasteiger partial charge in [-0.1, -0.05) is 27.7 Å². The Morgan fingerprint density at radius 3 is 2.31 bits per heavy atom. The molecule has 1 N–H and O–H groups in total. The molecule has 4 nitrogen and oxygen atoms in total. The molecule has 0 bridgehead atoms. The molecule has 92 valence electrons. The molecule has 0 aromatic carbocycles. The zero-order valence-electron chi connectivity index (χ0n) is 10.6. The van der Waals surface area contributed by atoms with Crippen molar-refractivity contribution < 1.29 is 9.59 Å². The van der Waals surface area contributed by atoms with E-state index >= 15 is 0 Å². The fourth-order valence-corrected chi connectivity index (χ4v) is 2.12. The SMILES string of the molecule is CCC1NC(=O)C(CC)N(CC(C)C)C1=O. The van der Waals surface area contributed by atoms with Crippen LogP contribution in [0.5, 0.6) is 0 Å². The lowest BCUT2D eigenvalue weighted by molar-refractivity contribution is -0.150. The lowest BCUT2D eigenvalue weighted by Crippen LogP contribution is -2.63. The summed E-state index contributed by atoms with van der Waals surface area (Å²) in [6.45, 7) is 8.65. The second-order valence-electron chi connectivity index (χ2n) is 4.78. The van der Waals surface area contributed by atoms with Crippen molar-refractivity contribution in [2.24, 2.45) is 5.92 Å². The highest BCUT2D eigenvalue weighted by Crippen LogP contribution is 2.16. The highest BCUT2D eigenvalue weighted by molar-refractivity contribution is 5.96. The molecule has 1 aliphatic heterocycles. The first-order valence-corrected chi connectivity index (χ1v) is 6.12. The quantitative estimate of drug-likeness (QED) is 0.782. The molecule has 4 heteroatoms. The molecule has 0 saturated carbocycles. The van der Waals surface area contributed by atoms with E-state index in [1.54, 1.807) is 4.90 Å². The Kier molecular flexibility index (Phi) is 4.33. The van der Waals surface area contributed by atoms with Gasteiger partial charge in [-0.3, -0.25) is 9.59 Å². The predicted molar refractivity (Wildman–Crippen MR) is 62.9 cm³/mol. The number of amides is 2. The average molecular weight is 226 g/mol. The van der Waals surface area contributed by atoms with E-state index < -0.39 is 0 Å².